The molecule has 0 saturated carbocycles. The average molecular weight is 233 g/mol. The van der Waals surface area contributed by atoms with Crippen molar-refractivity contribution in [2.24, 2.45) is 0 Å². The highest BCUT2D eigenvalue weighted by Gasteiger charge is 2.03. The van der Waals surface area contributed by atoms with Gasteiger partial charge in [0.1, 0.15) is 0 Å². The Hall–Kier alpha value is -1.69. The summed E-state index contributed by atoms with van der Waals surface area (Å²) in [4.78, 5) is 0. The van der Waals surface area contributed by atoms with Crippen LogP contribution in [0.2, 0.25) is 0 Å². The van der Waals surface area contributed by atoms with E-state index in [0.29, 0.717) is 19.6 Å². The fourth-order valence-electron chi connectivity index (χ4n) is 1.39. The molecule has 0 spiro atoms. The molecule has 17 heavy (non-hydrogen) atoms. The molecule has 0 radical (unpaired) electrons. The van der Waals surface area contributed by atoms with Gasteiger partial charge in [0, 0.05) is 6.42 Å². The standard InChI is InChI=1S/C14H19NO2/c1-2-11-16-13-8-4-5-9-14(13)17-12-7-3-6-10-15/h4-5,8-9H,2-3,6-7,11-12H2,1H3. The highest BCUT2D eigenvalue weighted by Crippen LogP contribution is 2.26. The largest absolute Gasteiger partial charge is 0.490 e. The summed E-state index contributed by atoms with van der Waals surface area (Å²) in [5, 5.41) is 8.41. The molecule has 3 heteroatoms. The van der Waals surface area contributed by atoms with Crippen LogP contribution in [0.5, 0.6) is 11.5 Å². The van der Waals surface area contributed by atoms with Crippen LogP contribution in [-0.4, -0.2) is 13.2 Å². The van der Waals surface area contributed by atoms with E-state index >= 15 is 0 Å². The van der Waals surface area contributed by atoms with Gasteiger partial charge in [-0.05, 0) is 31.4 Å². The summed E-state index contributed by atoms with van der Waals surface area (Å²) in [6.45, 7) is 3.41. The summed E-state index contributed by atoms with van der Waals surface area (Å²) in [6, 6.07) is 9.83. The Kier molecular flexibility index (Phi) is 6.66. The number of hydrogen-bond donors (Lipinski definition) is 0. The molecule has 0 aliphatic heterocycles. The Balaban J connectivity index is 2.38. The molecule has 0 unspecified atom stereocenters. The number of rotatable bonds is 8. The van der Waals surface area contributed by atoms with Gasteiger partial charge in [-0.3, -0.25) is 0 Å². The molecule has 1 aromatic rings. The van der Waals surface area contributed by atoms with Crippen molar-refractivity contribution in [2.75, 3.05) is 13.2 Å². The van der Waals surface area contributed by atoms with E-state index in [9.17, 15) is 0 Å². The Labute approximate surface area is 103 Å². The van der Waals surface area contributed by atoms with Crippen molar-refractivity contribution in [2.45, 2.75) is 32.6 Å². The first kappa shape index (κ1) is 13.4. The minimum absolute atomic E-state index is 0.595. The summed E-state index contributed by atoms with van der Waals surface area (Å²) in [5.74, 6) is 1.59. The molecule has 3 nitrogen and oxygen atoms in total. The number of ether oxygens (including phenoxy) is 2. The van der Waals surface area contributed by atoms with Gasteiger partial charge in [-0.1, -0.05) is 19.1 Å². The molecule has 0 aliphatic carbocycles. The monoisotopic (exact) mass is 233 g/mol. The summed E-state index contributed by atoms with van der Waals surface area (Å²) in [6.07, 6.45) is 3.36. The van der Waals surface area contributed by atoms with Gasteiger partial charge in [-0.2, -0.15) is 5.26 Å². The van der Waals surface area contributed by atoms with E-state index in [1.54, 1.807) is 0 Å². The van der Waals surface area contributed by atoms with Gasteiger partial charge in [-0.25, -0.2) is 0 Å². The van der Waals surface area contributed by atoms with Crippen molar-refractivity contribution in [1.82, 2.24) is 0 Å². The number of nitrogens with zero attached hydrogens (tertiary/aromatic N) is 1. The lowest BCUT2D eigenvalue weighted by Crippen LogP contribution is -2.01. The maximum absolute atomic E-state index is 8.41. The second-order valence-corrected chi connectivity index (χ2v) is 3.76. The Morgan fingerprint density at radius 1 is 1.06 bits per heavy atom. The van der Waals surface area contributed by atoms with E-state index in [0.717, 1.165) is 30.8 Å². The first-order valence-corrected chi connectivity index (χ1v) is 6.10. The lowest BCUT2D eigenvalue weighted by Gasteiger charge is -2.11. The topological polar surface area (TPSA) is 42.2 Å². The number of para-hydroxylation sites is 2. The van der Waals surface area contributed by atoms with E-state index in [1.807, 2.05) is 24.3 Å². The first-order valence-electron chi connectivity index (χ1n) is 6.10. The van der Waals surface area contributed by atoms with Crippen LogP contribution < -0.4 is 9.47 Å². The lowest BCUT2D eigenvalue weighted by molar-refractivity contribution is 0.264. The molecule has 0 aliphatic rings. The van der Waals surface area contributed by atoms with Gasteiger partial charge in [0.05, 0.1) is 19.3 Å². The molecule has 0 aromatic heterocycles. The van der Waals surface area contributed by atoms with Crippen LogP contribution in [0.1, 0.15) is 32.6 Å². The lowest BCUT2D eigenvalue weighted by atomic mass is 10.2. The minimum Gasteiger partial charge on any atom is -0.490 e. The van der Waals surface area contributed by atoms with Crippen molar-refractivity contribution >= 4 is 0 Å². The van der Waals surface area contributed by atoms with E-state index in [1.165, 1.54) is 0 Å². The second kappa shape index (κ2) is 8.46. The fourth-order valence-corrected chi connectivity index (χ4v) is 1.39. The van der Waals surface area contributed by atoms with Crippen molar-refractivity contribution in [3.8, 4) is 17.6 Å². The Morgan fingerprint density at radius 2 is 1.71 bits per heavy atom. The molecular formula is C14H19NO2. The molecule has 0 bridgehead atoms. The second-order valence-electron chi connectivity index (χ2n) is 3.76. The smallest absolute Gasteiger partial charge is 0.161 e. The molecule has 0 atom stereocenters. The minimum atomic E-state index is 0.595. The molecule has 0 amide bonds. The maximum atomic E-state index is 8.41. The highest BCUT2D eigenvalue weighted by molar-refractivity contribution is 5.39. The van der Waals surface area contributed by atoms with Crippen molar-refractivity contribution in [3.63, 3.8) is 0 Å². The van der Waals surface area contributed by atoms with E-state index in [2.05, 4.69) is 13.0 Å². The first-order chi connectivity index (χ1) is 8.38. The zero-order valence-electron chi connectivity index (χ0n) is 10.3. The van der Waals surface area contributed by atoms with E-state index in [-0.39, 0.29) is 0 Å². The zero-order valence-corrected chi connectivity index (χ0v) is 10.3. The van der Waals surface area contributed by atoms with Crippen LogP contribution in [0.4, 0.5) is 0 Å². The van der Waals surface area contributed by atoms with Crippen molar-refractivity contribution in [1.29, 1.82) is 5.26 Å². The zero-order chi connectivity index (χ0) is 12.3. The van der Waals surface area contributed by atoms with Gasteiger partial charge in [0.15, 0.2) is 11.5 Å². The molecule has 0 fully saturated rings. The molecule has 1 aromatic carbocycles. The van der Waals surface area contributed by atoms with Gasteiger partial charge in [0.25, 0.3) is 0 Å². The van der Waals surface area contributed by atoms with Gasteiger partial charge in [-0.15, -0.1) is 0 Å². The molecule has 92 valence electrons. The Bertz CT molecular complexity index is 357. The normalized spacial score (nSPS) is 9.65. The third-order valence-corrected chi connectivity index (χ3v) is 2.25. The van der Waals surface area contributed by atoms with Crippen LogP contribution in [0, 0.1) is 11.3 Å². The number of nitriles is 1. The molecule has 0 N–H and O–H groups in total. The molecule has 1 rings (SSSR count). The fraction of sp³-hybridized carbons (Fsp3) is 0.500. The predicted octanol–water partition coefficient (Wildman–Crippen LogP) is 3.55. The van der Waals surface area contributed by atoms with E-state index < -0.39 is 0 Å². The molecule has 0 heterocycles. The van der Waals surface area contributed by atoms with Gasteiger partial charge >= 0.3 is 0 Å². The summed E-state index contributed by atoms with van der Waals surface area (Å²) >= 11 is 0. The van der Waals surface area contributed by atoms with Crippen LogP contribution in [0.25, 0.3) is 0 Å². The number of benzene rings is 1. The quantitative estimate of drug-likeness (QED) is 0.645. The van der Waals surface area contributed by atoms with Crippen LogP contribution >= 0.6 is 0 Å². The van der Waals surface area contributed by atoms with Gasteiger partial charge in [0.2, 0.25) is 0 Å². The Morgan fingerprint density at radius 3 is 2.29 bits per heavy atom. The third kappa shape index (κ3) is 5.26. The van der Waals surface area contributed by atoms with Crippen LogP contribution in [0.15, 0.2) is 24.3 Å². The third-order valence-electron chi connectivity index (χ3n) is 2.25. The van der Waals surface area contributed by atoms with Crippen molar-refractivity contribution in [3.05, 3.63) is 24.3 Å². The average Bonchev–Trinajstić information content (AvgIpc) is 2.37. The SMILES string of the molecule is CCCOc1ccccc1OCCCCC#N. The summed E-state index contributed by atoms with van der Waals surface area (Å²) in [7, 11) is 0. The van der Waals surface area contributed by atoms with Crippen LogP contribution in [-0.2, 0) is 0 Å². The number of hydrogen-bond acceptors (Lipinski definition) is 3. The van der Waals surface area contributed by atoms with Crippen LogP contribution in [0.3, 0.4) is 0 Å². The highest BCUT2D eigenvalue weighted by atomic mass is 16.5. The molecular weight excluding hydrogens is 214 g/mol. The van der Waals surface area contributed by atoms with Gasteiger partial charge < -0.3 is 9.47 Å². The molecule has 0 saturated heterocycles. The summed E-state index contributed by atoms with van der Waals surface area (Å²) in [5.41, 5.74) is 0. The number of unbranched alkanes of at least 4 members (excludes halogenated alkanes) is 2. The maximum Gasteiger partial charge on any atom is 0.161 e. The van der Waals surface area contributed by atoms with E-state index in [4.69, 9.17) is 14.7 Å². The van der Waals surface area contributed by atoms with Crippen molar-refractivity contribution < 1.29 is 9.47 Å². The summed E-state index contributed by atoms with van der Waals surface area (Å²) < 4.78 is 11.2. The predicted molar refractivity (Wildman–Crippen MR) is 67.2 cm³/mol.